The lowest BCUT2D eigenvalue weighted by Crippen LogP contribution is -2.14. The Hall–Kier alpha value is -3.20. The lowest BCUT2D eigenvalue weighted by Gasteiger charge is -2.12. The first kappa shape index (κ1) is 21.5. The molecule has 0 aliphatic heterocycles. The van der Waals surface area contributed by atoms with Crippen LogP contribution in [0, 0.1) is 10.1 Å². The summed E-state index contributed by atoms with van der Waals surface area (Å²) in [5, 5.41) is 13.9. The SMILES string of the molecule is COc1cccc(CNc2oc(-c3ccc([N+](=O)[O-])cc3)nc2P(=O)(OC)OC)c1. The van der Waals surface area contributed by atoms with Gasteiger partial charge in [0.05, 0.1) is 12.0 Å². The maximum Gasteiger partial charge on any atom is 0.384 e. The molecule has 0 saturated carbocycles. The van der Waals surface area contributed by atoms with Gasteiger partial charge < -0.3 is 23.5 Å². The number of nitro groups is 1. The maximum absolute atomic E-state index is 13.0. The molecule has 1 N–H and O–H groups in total. The van der Waals surface area contributed by atoms with Crippen LogP contribution in [0.2, 0.25) is 0 Å². The molecule has 0 radical (unpaired) electrons. The largest absolute Gasteiger partial charge is 0.497 e. The van der Waals surface area contributed by atoms with E-state index in [1.807, 2.05) is 24.3 Å². The first-order valence-corrected chi connectivity index (χ1v) is 10.3. The highest BCUT2D eigenvalue weighted by atomic mass is 31.2. The fourth-order valence-corrected chi connectivity index (χ4v) is 3.76. The van der Waals surface area contributed by atoms with Crippen LogP contribution in [0.4, 0.5) is 11.6 Å². The topological polar surface area (TPSA) is 126 Å². The van der Waals surface area contributed by atoms with E-state index in [0.29, 0.717) is 17.9 Å². The summed E-state index contributed by atoms with van der Waals surface area (Å²) in [7, 11) is 0.334. The number of hydrogen-bond acceptors (Lipinski definition) is 9. The van der Waals surface area contributed by atoms with Gasteiger partial charge in [-0.05, 0) is 29.8 Å². The number of rotatable bonds is 9. The molecule has 0 unspecified atom stereocenters. The van der Waals surface area contributed by atoms with Crippen LogP contribution in [-0.2, 0) is 20.2 Å². The van der Waals surface area contributed by atoms with Crippen molar-refractivity contribution in [2.45, 2.75) is 6.54 Å². The van der Waals surface area contributed by atoms with Crippen LogP contribution in [0.15, 0.2) is 52.9 Å². The number of hydrogen-bond donors (Lipinski definition) is 1. The van der Waals surface area contributed by atoms with Gasteiger partial charge in [-0.25, -0.2) is 0 Å². The molecule has 0 aliphatic carbocycles. The number of anilines is 1. The minimum Gasteiger partial charge on any atom is -0.497 e. The Morgan fingerprint density at radius 1 is 1.13 bits per heavy atom. The Labute approximate surface area is 172 Å². The number of methoxy groups -OCH3 is 1. The summed E-state index contributed by atoms with van der Waals surface area (Å²) in [6.45, 7) is 0.326. The number of nitro benzene ring substituents is 1. The van der Waals surface area contributed by atoms with Crippen LogP contribution in [0.1, 0.15) is 5.56 Å². The molecule has 0 aliphatic rings. The zero-order chi connectivity index (χ0) is 21.7. The predicted molar refractivity (Wildman–Crippen MR) is 110 cm³/mol. The molecule has 1 heterocycles. The van der Waals surface area contributed by atoms with E-state index in [4.69, 9.17) is 18.2 Å². The standard InChI is InChI=1S/C19H20N3O7P/c1-26-16-6-4-5-13(11-16)12-20-18-19(30(25,27-2)28-3)21-17(29-18)14-7-9-15(10-8-14)22(23)24/h4-11,20H,12H2,1-3H3. The summed E-state index contributed by atoms with van der Waals surface area (Å²) < 4.78 is 34.1. The van der Waals surface area contributed by atoms with Gasteiger partial charge in [0.15, 0.2) is 0 Å². The molecule has 0 spiro atoms. The van der Waals surface area contributed by atoms with Gasteiger partial charge >= 0.3 is 7.60 Å². The second-order valence-electron chi connectivity index (χ2n) is 6.04. The van der Waals surface area contributed by atoms with E-state index in [9.17, 15) is 14.7 Å². The van der Waals surface area contributed by atoms with Crippen molar-refractivity contribution in [2.75, 3.05) is 26.6 Å². The van der Waals surface area contributed by atoms with Gasteiger partial charge in [0.25, 0.3) is 5.69 Å². The predicted octanol–water partition coefficient (Wildman–Crippen LogP) is 3.98. The van der Waals surface area contributed by atoms with Crippen LogP contribution in [0.5, 0.6) is 5.75 Å². The van der Waals surface area contributed by atoms with E-state index < -0.39 is 12.5 Å². The molecule has 3 rings (SSSR count). The lowest BCUT2D eigenvalue weighted by atomic mass is 10.2. The number of nitrogens with one attached hydrogen (secondary N) is 1. The Kier molecular flexibility index (Phi) is 6.51. The third kappa shape index (κ3) is 4.51. The molecule has 0 bridgehead atoms. The highest BCUT2D eigenvalue weighted by Crippen LogP contribution is 2.47. The van der Waals surface area contributed by atoms with E-state index in [0.717, 1.165) is 5.56 Å². The molecule has 30 heavy (non-hydrogen) atoms. The third-order valence-electron chi connectivity index (χ3n) is 4.26. The van der Waals surface area contributed by atoms with Crippen molar-refractivity contribution >= 4 is 24.6 Å². The summed E-state index contributed by atoms with van der Waals surface area (Å²) in [4.78, 5) is 14.6. The van der Waals surface area contributed by atoms with E-state index in [-0.39, 0.29) is 22.9 Å². The fraction of sp³-hybridized carbons (Fsp3) is 0.211. The van der Waals surface area contributed by atoms with Gasteiger partial charge in [0, 0.05) is 38.5 Å². The minimum atomic E-state index is -3.73. The quantitative estimate of drug-likeness (QED) is 0.303. The van der Waals surface area contributed by atoms with Crippen molar-refractivity contribution in [3.05, 3.63) is 64.2 Å². The van der Waals surface area contributed by atoms with Gasteiger partial charge in [-0.2, -0.15) is 4.98 Å². The Morgan fingerprint density at radius 2 is 1.83 bits per heavy atom. The molecule has 0 fully saturated rings. The van der Waals surface area contributed by atoms with Crippen molar-refractivity contribution in [2.24, 2.45) is 0 Å². The summed E-state index contributed by atoms with van der Waals surface area (Å²) in [5.41, 5.74) is 1.26. The summed E-state index contributed by atoms with van der Waals surface area (Å²) in [5.74, 6) is 0.915. The van der Waals surface area contributed by atoms with Crippen LogP contribution < -0.4 is 15.5 Å². The Balaban J connectivity index is 1.95. The molecule has 2 aromatic carbocycles. The molecular formula is C19H20N3O7P. The molecule has 3 aromatic rings. The number of oxazole rings is 1. The number of ether oxygens (including phenoxy) is 1. The maximum atomic E-state index is 13.0. The van der Waals surface area contributed by atoms with Gasteiger partial charge in [0.1, 0.15) is 5.75 Å². The zero-order valence-corrected chi connectivity index (χ0v) is 17.4. The average molecular weight is 433 g/mol. The van der Waals surface area contributed by atoms with E-state index in [2.05, 4.69) is 10.3 Å². The summed E-state index contributed by atoms with van der Waals surface area (Å²) >= 11 is 0. The van der Waals surface area contributed by atoms with E-state index >= 15 is 0 Å². The third-order valence-corrected chi connectivity index (χ3v) is 6.05. The second kappa shape index (κ2) is 9.08. The first-order chi connectivity index (χ1) is 14.4. The monoisotopic (exact) mass is 433 g/mol. The van der Waals surface area contributed by atoms with E-state index in [1.165, 1.54) is 38.5 Å². The first-order valence-electron chi connectivity index (χ1n) is 8.74. The van der Waals surface area contributed by atoms with Gasteiger partial charge in [-0.3, -0.25) is 14.7 Å². The van der Waals surface area contributed by atoms with Crippen molar-refractivity contribution in [1.29, 1.82) is 0 Å². The van der Waals surface area contributed by atoms with Crippen LogP contribution >= 0.6 is 7.60 Å². The normalized spacial score (nSPS) is 11.3. The van der Waals surface area contributed by atoms with Crippen LogP contribution in [0.25, 0.3) is 11.5 Å². The van der Waals surface area contributed by atoms with Gasteiger partial charge in [-0.15, -0.1) is 0 Å². The number of aromatic nitrogens is 1. The molecule has 158 valence electrons. The van der Waals surface area contributed by atoms with Crippen LogP contribution in [-0.4, -0.2) is 31.2 Å². The molecule has 10 nitrogen and oxygen atoms in total. The summed E-state index contributed by atoms with van der Waals surface area (Å²) in [6.07, 6.45) is 0. The van der Waals surface area contributed by atoms with Crippen molar-refractivity contribution in [3.63, 3.8) is 0 Å². The minimum absolute atomic E-state index is 0.0243. The molecule has 0 saturated heterocycles. The highest BCUT2D eigenvalue weighted by Gasteiger charge is 2.34. The lowest BCUT2D eigenvalue weighted by molar-refractivity contribution is -0.384. The summed E-state index contributed by atoms with van der Waals surface area (Å²) in [6, 6.07) is 13.0. The van der Waals surface area contributed by atoms with Gasteiger partial charge in [0.2, 0.25) is 17.2 Å². The number of nitrogens with zero attached hydrogens (tertiary/aromatic N) is 2. The van der Waals surface area contributed by atoms with Gasteiger partial charge in [-0.1, -0.05) is 12.1 Å². The van der Waals surface area contributed by atoms with E-state index in [1.54, 1.807) is 7.11 Å². The molecular weight excluding hydrogens is 413 g/mol. The smallest absolute Gasteiger partial charge is 0.384 e. The molecule has 0 atom stereocenters. The zero-order valence-electron chi connectivity index (χ0n) is 16.5. The number of non-ortho nitro benzene ring substituents is 1. The highest BCUT2D eigenvalue weighted by molar-refractivity contribution is 7.62. The average Bonchev–Trinajstić information content (AvgIpc) is 3.22. The van der Waals surface area contributed by atoms with Crippen molar-refractivity contribution in [1.82, 2.24) is 4.98 Å². The second-order valence-corrected chi connectivity index (χ2v) is 8.19. The molecule has 11 heteroatoms. The Bertz CT molecular complexity index is 1070. The van der Waals surface area contributed by atoms with Crippen LogP contribution in [0.3, 0.4) is 0 Å². The molecule has 0 amide bonds. The van der Waals surface area contributed by atoms with Crippen molar-refractivity contribution in [3.8, 4) is 17.2 Å². The molecule has 1 aromatic heterocycles. The van der Waals surface area contributed by atoms with Crippen molar-refractivity contribution < 1.29 is 27.7 Å². The number of benzene rings is 2. The Morgan fingerprint density at radius 3 is 2.43 bits per heavy atom. The fourth-order valence-electron chi connectivity index (χ4n) is 2.67.